The van der Waals surface area contributed by atoms with Crippen LogP contribution < -0.4 is 20.4 Å². The molecule has 0 saturated heterocycles. The first kappa shape index (κ1) is 18.0. The lowest BCUT2D eigenvalue weighted by Crippen LogP contribution is -2.58. The zero-order chi connectivity index (χ0) is 21.2. The van der Waals surface area contributed by atoms with Gasteiger partial charge >= 0.3 is 0 Å². The number of benzene rings is 4. The smallest absolute Gasteiger partial charge is 0.134 e. The van der Waals surface area contributed by atoms with Gasteiger partial charge in [-0.3, -0.25) is 0 Å². The van der Waals surface area contributed by atoms with Crippen molar-refractivity contribution in [2.45, 2.75) is 18.5 Å². The van der Waals surface area contributed by atoms with Crippen molar-refractivity contribution in [2.75, 3.05) is 20.4 Å². The highest BCUT2D eigenvalue weighted by Crippen LogP contribution is 2.58. The van der Waals surface area contributed by atoms with Crippen molar-refractivity contribution < 1.29 is 0 Å². The minimum absolute atomic E-state index is 0.0424. The van der Waals surface area contributed by atoms with Crippen LogP contribution in [0.15, 0.2) is 97.1 Å². The summed E-state index contributed by atoms with van der Waals surface area (Å²) in [7, 11) is 0. The van der Waals surface area contributed by atoms with Crippen LogP contribution in [0.1, 0.15) is 35.2 Å². The van der Waals surface area contributed by atoms with Crippen molar-refractivity contribution in [3.63, 3.8) is 0 Å². The van der Waals surface area contributed by atoms with Crippen LogP contribution in [0.2, 0.25) is 5.02 Å². The van der Waals surface area contributed by atoms with E-state index in [0.29, 0.717) is 0 Å². The molecule has 1 unspecified atom stereocenters. The largest absolute Gasteiger partial charge is 0.361 e. The Kier molecular flexibility index (Phi) is 3.76. The Labute approximate surface area is 192 Å². The molecule has 3 aliphatic rings. The fourth-order valence-corrected chi connectivity index (χ4v) is 5.69. The van der Waals surface area contributed by atoms with Gasteiger partial charge in [0, 0.05) is 44.5 Å². The summed E-state index contributed by atoms with van der Waals surface area (Å²) in [4.78, 5) is 5.05. The minimum Gasteiger partial charge on any atom is -0.361 e. The number of rotatable bonds is 2. The second-order valence-electron chi connectivity index (χ2n) is 8.50. The van der Waals surface area contributed by atoms with E-state index >= 15 is 0 Å². The summed E-state index contributed by atoms with van der Waals surface area (Å²) in [6.45, 7) is 0. The molecule has 0 amide bonds. The first-order chi connectivity index (χ1) is 15.8. The molecule has 4 nitrogen and oxygen atoms in total. The zero-order valence-corrected chi connectivity index (χ0v) is 18.0. The summed E-state index contributed by atoms with van der Waals surface area (Å²) in [6, 6.07) is 34.1. The van der Waals surface area contributed by atoms with Gasteiger partial charge in [0.25, 0.3) is 0 Å². The maximum atomic E-state index is 6.33. The molecule has 4 bridgehead atoms. The monoisotopic (exact) mass is 436 g/mol. The third-order valence-electron chi connectivity index (χ3n) is 6.76. The van der Waals surface area contributed by atoms with Crippen LogP contribution >= 0.6 is 11.6 Å². The maximum absolute atomic E-state index is 6.33. The highest BCUT2D eigenvalue weighted by molar-refractivity contribution is 6.30. The molecule has 4 aromatic carbocycles. The van der Waals surface area contributed by atoms with Crippen LogP contribution in [0, 0.1) is 0 Å². The van der Waals surface area contributed by atoms with E-state index in [1.165, 1.54) is 33.8 Å². The maximum Gasteiger partial charge on any atom is 0.134 e. The lowest BCUT2D eigenvalue weighted by atomic mass is 9.88. The van der Waals surface area contributed by atoms with Crippen LogP contribution in [-0.4, -0.2) is 0 Å². The summed E-state index contributed by atoms with van der Waals surface area (Å²) < 4.78 is 0. The molecule has 0 radical (unpaired) electrons. The minimum atomic E-state index is -0.0424. The first-order valence-electron chi connectivity index (χ1n) is 10.9. The van der Waals surface area contributed by atoms with Crippen molar-refractivity contribution in [2.24, 2.45) is 0 Å². The molecule has 0 spiro atoms. The Morgan fingerprint density at radius 2 is 1.38 bits per heavy atom. The number of fused-ring (bicyclic) bond motifs is 5. The number of nitrogens with zero attached hydrogens (tertiary/aromatic N) is 2. The van der Waals surface area contributed by atoms with E-state index in [9.17, 15) is 0 Å². The molecule has 7 rings (SSSR count). The summed E-state index contributed by atoms with van der Waals surface area (Å²) >= 11 is 6.33. The number of nitrogens with one attached hydrogen (secondary N) is 2. The normalized spacial score (nSPS) is 21.7. The number of anilines is 4. The van der Waals surface area contributed by atoms with Gasteiger partial charge in [-0.15, -0.1) is 0 Å². The molecule has 32 heavy (non-hydrogen) atoms. The van der Waals surface area contributed by atoms with E-state index in [4.69, 9.17) is 11.6 Å². The molecule has 4 aromatic rings. The molecule has 3 aliphatic heterocycles. The molecular weight excluding hydrogens is 416 g/mol. The van der Waals surface area contributed by atoms with Gasteiger partial charge < -0.3 is 20.4 Å². The van der Waals surface area contributed by atoms with Gasteiger partial charge in [-0.1, -0.05) is 72.3 Å². The highest BCUT2D eigenvalue weighted by atomic mass is 35.5. The van der Waals surface area contributed by atoms with Crippen LogP contribution in [0.4, 0.5) is 22.7 Å². The standard InChI is InChI=1S/C27H21ClN4/c28-17-8-7-9-18(16-17)29-25-20-11-2-5-14-23(20)32-26-21-12-3-6-15-24(21)31(25)27(32)19-10-1-4-13-22(19)30-26/h1-16,25-27,29-30H/t25-,26+,27?/m0/s1. The van der Waals surface area contributed by atoms with Crippen LogP contribution in [-0.2, 0) is 0 Å². The van der Waals surface area contributed by atoms with E-state index in [-0.39, 0.29) is 18.5 Å². The molecule has 5 heteroatoms. The summed E-state index contributed by atoms with van der Waals surface area (Å²) in [6.07, 6.45) is 0.119. The van der Waals surface area contributed by atoms with Crippen molar-refractivity contribution in [1.82, 2.24) is 0 Å². The second kappa shape index (κ2) is 6.68. The van der Waals surface area contributed by atoms with Crippen LogP contribution in [0.25, 0.3) is 0 Å². The number of para-hydroxylation sites is 3. The highest BCUT2D eigenvalue weighted by Gasteiger charge is 2.50. The zero-order valence-electron chi connectivity index (χ0n) is 17.2. The van der Waals surface area contributed by atoms with E-state index in [1.54, 1.807) is 0 Å². The fourth-order valence-electron chi connectivity index (χ4n) is 5.50. The Bertz CT molecular complexity index is 1350. The Balaban J connectivity index is 1.50. The van der Waals surface area contributed by atoms with Crippen LogP contribution in [0.3, 0.4) is 0 Å². The van der Waals surface area contributed by atoms with Gasteiger partial charge in [-0.25, -0.2) is 0 Å². The van der Waals surface area contributed by atoms with Gasteiger partial charge in [-0.2, -0.15) is 0 Å². The lowest BCUT2D eigenvalue weighted by molar-refractivity contribution is 0.432. The quantitative estimate of drug-likeness (QED) is 0.357. The van der Waals surface area contributed by atoms with Crippen molar-refractivity contribution in [3.8, 4) is 0 Å². The SMILES string of the molecule is Clc1cccc(N[C@@H]2c3ccccc3N3C4c5ccccc5N[C@H]3c3ccccc3N42)c1. The predicted octanol–water partition coefficient (Wildman–Crippen LogP) is 6.91. The molecule has 0 fully saturated rings. The van der Waals surface area contributed by atoms with Crippen molar-refractivity contribution in [1.29, 1.82) is 0 Å². The number of halogens is 1. The molecule has 3 atom stereocenters. The second-order valence-corrected chi connectivity index (χ2v) is 8.93. The topological polar surface area (TPSA) is 30.5 Å². The molecular formula is C27H21ClN4. The van der Waals surface area contributed by atoms with Crippen molar-refractivity contribution >= 4 is 34.4 Å². The number of hydrogen-bond acceptors (Lipinski definition) is 4. The Hall–Kier alpha value is -3.63. The van der Waals surface area contributed by atoms with Crippen molar-refractivity contribution in [3.05, 3.63) is 119 Å². The summed E-state index contributed by atoms with van der Waals surface area (Å²) in [5.41, 5.74) is 8.51. The summed E-state index contributed by atoms with van der Waals surface area (Å²) in [5.74, 6) is 0. The lowest BCUT2D eigenvalue weighted by Gasteiger charge is -2.60. The number of hydrogen-bond donors (Lipinski definition) is 2. The summed E-state index contributed by atoms with van der Waals surface area (Å²) in [5, 5.41) is 8.35. The molecule has 3 heterocycles. The van der Waals surface area contributed by atoms with Crippen LogP contribution in [0.5, 0.6) is 0 Å². The first-order valence-corrected chi connectivity index (χ1v) is 11.3. The van der Waals surface area contributed by atoms with E-state index < -0.39 is 0 Å². The molecule has 0 saturated carbocycles. The fraction of sp³-hybridized carbons (Fsp3) is 0.111. The van der Waals surface area contributed by atoms with Gasteiger partial charge in [0.15, 0.2) is 0 Å². The molecule has 0 aromatic heterocycles. The third-order valence-corrected chi connectivity index (χ3v) is 7.00. The Morgan fingerprint density at radius 1 is 0.688 bits per heavy atom. The predicted molar refractivity (Wildman–Crippen MR) is 131 cm³/mol. The molecule has 0 aliphatic carbocycles. The van der Waals surface area contributed by atoms with Gasteiger partial charge in [-0.05, 0) is 36.4 Å². The molecule has 156 valence electrons. The van der Waals surface area contributed by atoms with Gasteiger partial charge in [0.1, 0.15) is 18.5 Å². The third kappa shape index (κ3) is 2.44. The van der Waals surface area contributed by atoms with E-state index in [0.717, 1.165) is 10.7 Å². The van der Waals surface area contributed by atoms with Gasteiger partial charge in [0.05, 0.1) is 0 Å². The average Bonchev–Trinajstić information content (AvgIpc) is 2.83. The van der Waals surface area contributed by atoms with E-state index in [2.05, 4.69) is 99.3 Å². The Morgan fingerprint density at radius 3 is 2.19 bits per heavy atom. The van der Waals surface area contributed by atoms with Gasteiger partial charge in [0.2, 0.25) is 0 Å². The average molecular weight is 437 g/mol. The molecule has 2 N–H and O–H groups in total. The van der Waals surface area contributed by atoms with E-state index in [1.807, 2.05) is 18.2 Å².